The summed E-state index contributed by atoms with van der Waals surface area (Å²) in [6, 6.07) is 2.60. The highest BCUT2D eigenvalue weighted by Gasteiger charge is 2.17. The highest BCUT2D eigenvalue weighted by molar-refractivity contribution is 6.31. The van der Waals surface area contributed by atoms with Crippen LogP contribution < -0.4 is 0 Å². The number of carbonyl (C=O) groups is 1. The number of aryl methyl sites for hydroxylation is 1. The maximum atomic E-state index is 10.6. The number of hydrogen-bond acceptors (Lipinski definition) is 3. The molecule has 0 amide bonds. The molecule has 5 nitrogen and oxygen atoms in total. The average Bonchev–Trinajstić information content (AvgIpc) is 2.09. The van der Waals surface area contributed by atoms with E-state index in [9.17, 15) is 14.9 Å². The van der Waals surface area contributed by atoms with Crippen molar-refractivity contribution in [1.29, 1.82) is 0 Å². The summed E-state index contributed by atoms with van der Waals surface area (Å²) in [6.07, 6.45) is -0.406. The summed E-state index contributed by atoms with van der Waals surface area (Å²) in [5.74, 6) is -1.13. The second-order valence-corrected chi connectivity index (χ2v) is 3.46. The maximum Gasteiger partial charge on any atom is 0.308 e. The van der Waals surface area contributed by atoms with Gasteiger partial charge in [0.15, 0.2) is 0 Å². The Kier molecular flexibility index (Phi) is 3.26. The highest BCUT2D eigenvalue weighted by Crippen LogP contribution is 2.26. The Bertz CT molecular complexity index is 430. The van der Waals surface area contributed by atoms with E-state index in [4.69, 9.17) is 16.7 Å². The summed E-state index contributed by atoms with van der Waals surface area (Å²) < 4.78 is 0. The van der Waals surface area contributed by atoms with Crippen LogP contribution in [0.1, 0.15) is 11.1 Å². The van der Waals surface area contributed by atoms with E-state index in [1.54, 1.807) is 6.92 Å². The van der Waals surface area contributed by atoms with Crippen LogP contribution in [0.3, 0.4) is 0 Å². The Hall–Kier alpha value is -1.62. The molecule has 0 aliphatic heterocycles. The van der Waals surface area contributed by atoms with Crippen LogP contribution in [0.15, 0.2) is 12.1 Å². The molecule has 1 rings (SSSR count). The zero-order valence-electron chi connectivity index (χ0n) is 7.86. The molecule has 0 saturated heterocycles. The number of nitro groups is 1. The standard InChI is InChI=1S/C9H8ClNO4/c1-5-2-8(11(14)15)6(3-7(5)10)4-9(12)13/h2-3H,4H2,1H3,(H,12,13). The number of rotatable bonds is 3. The number of aliphatic carboxylic acids is 1. The second kappa shape index (κ2) is 4.27. The summed E-state index contributed by atoms with van der Waals surface area (Å²) in [4.78, 5) is 20.5. The first-order valence-electron chi connectivity index (χ1n) is 4.07. The van der Waals surface area contributed by atoms with E-state index in [-0.39, 0.29) is 11.3 Å². The molecule has 80 valence electrons. The van der Waals surface area contributed by atoms with E-state index >= 15 is 0 Å². The highest BCUT2D eigenvalue weighted by atomic mass is 35.5. The average molecular weight is 230 g/mol. The molecule has 0 unspecified atom stereocenters. The molecule has 6 heteroatoms. The summed E-state index contributed by atoms with van der Waals surface area (Å²) in [6.45, 7) is 1.62. The monoisotopic (exact) mass is 229 g/mol. The smallest absolute Gasteiger partial charge is 0.308 e. The summed E-state index contributed by atoms with van der Waals surface area (Å²) in [5, 5.41) is 19.5. The normalized spacial score (nSPS) is 10.0. The van der Waals surface area contributed by atoms with Crippen molar-refractivity contribution < 1.29 is 14.8 Å². The lowest BCUT2D eigenvalue weighted by atomic mass is 10.1. The van der Waals surface area contributed by atoms with Crippen LogP contribution in [0.4, 0.5) is 5.69 Å². The lowest BCUT2D eigenvalue weighted by Gasteiger charge is -2.03. The summed E-state index contributed by atoms with van der Waals surface area (Å²) in [5.41, 5.74) is 0.458. The minimum absolute atomic E-state index is 0.114. The largest absolute Gasteiger partial charge is 0.481 e. The van der Waals surface area contributed by atoms with Crippen molar-refractivity contribution >= 4 is 23.3 Å². The van der Waals surface area contributed by atoms with Crippen molar-refractivity contribution in [2.45, 2.75) is 13.3 Å². The first-order valence-corrected chi connectivity index (χ1v) is 4.45. The van der Waals surface area contributed by atoms with Gasteiger partial charge < -0.3 is 5.11 Å². The first kappa shape index (κ1) is 11.5. The molecule has 1 aromatic carbocycles. The molecule has 15 heavy (non-hydrogen) atoms. The molecular formula is C9H8ClNO4. The number of carboxylic acids is 1. The number of benzene rings is 1. The number of hydrogen-bond donors (Lipinski definition) is 1. The lowest BCUT2D eigenvalue weighted by Crippen LogP contribution is -2.04. The minimum atomic E-state index is -1.13. The van der Waals surface area contributed by atoms with E-state index in [1.165, 1.54) is 12.1 Å². The predicted octanol–water partition coefficient (Wildman–Crippen LogP) is 2.18. The van der Waals surface area contributed by atoms with Crippen molar-refractivity contribution in [3.05, 3.63) is 38.4 Å². The van der Waals surface area contributed by atoms with E-state index in [0.717, 1.165) is 0 Å². The molecule has 0 fully saturated rings. The fourth-order valence-electron chi connectivity index (χ4n) is 1.18. The Morgan fingerprint density at radius 2 is 2.20 bits per heavy atom. The Labute approximate surface area is 90.4 Å². The van der Waals surface area contributed by atoms with Crippen LogP contribution >= 0.6 is 11.6 Å². The third kappa shape index (κ3) is 2.66. The van der Waals surface area contributed by atoms with Crippen molar-refractivity contribution in [1.82, 2.24) is 0 Å². The molecular weight excluding hydrogens is 222 g/mol. The van der Waals surface area contributed by atoms with Gasteiger partial charge in [0.05, 0.1) is 11.3 Å². The Morgan fingerprint density at radius 3 is 2.67 bits per heavy atom. The van der Waals surface area contributed by atoms with E-state index in [1.807, 2.05) is 0 Å². The number of carboxylic acid groups (broad SMARTS) is 1. The van der Waals surface area contributed by atoms with E-state index in [0.29, 0.717) is 10.6 Å². The molecule has 0 radical (unpaired) electrons. The minimum Gasteiger partial charge on any atom is -0.481 e. The van der Waals surface area contributed by atoms with Crippen LogP contribution in [0.2, 0.25) is 5.02 Å². The van der Waals surface area contributed by atoms with Crippen molar-refractivity contribution in [3.8, 4) is 0 Å². The SMILES string of the molecule is Cc1cc([N+](=O)[O-])c(CC(=O)O)cc1Cl. The van der Waals surface area contributed by atoms with Gasteiger partial charge in [0, 0.05) is 16.7 Å². The molecule has 1 N–H and O–H groups in total. The van der Waals surface area contributed by atoms with Gasteiger partial charge in [-0.05, 0) is 18.6 Å². The number of nitrogens with zero attached hydrogens (tertiary/aromatic N) is 1. The maximum absolute atomic E-state index is 10.6. The van der Waals surface area contributed by atoms with Gasteiger partial charge in [0.1, 0.15) is 0 Å². The molecule has 1 aromatic rings. The third-order valence-corrected chi connectivity index (χ3v) is 2.31. The zero-order valence-corrected chi connectivity index (χ0v) is 8.61. The van der Waals surface area contributed by atoms with Gasteiger partial charge in [-0.15, -0.1) is 0 Å². The van der Waals surface area contributed by atoms with Crippen LogP contribution in [-0.2, 0) is 11.2 Å². The lowest BCUT2D eigenvalue weighted by molar-refractivity contribution is -0.385. The van der Waals surface area contributed by atoms with Crippen LogP contribution in [-0.4, -0.2) is 16.0 Å². The molecule has 0 atom stereocenters. The number of nitro benzene ring substituents is 1. The van der Waals surface area contributed by atoms with E-state index in [2.05, 4.69) is 0 Å². The van der Waals surface area contributed by atoms with Crippen LogP contribution in [0.25, 0.3) is 0 Å². The predicted molar refractivity (Wildman–Crippen MR) is 54.2 cm³/mol. The Balaban J connectivity index is 3.28. The van der Waals surface area contributed by atoms with Gasteiger partial charge in [-0.1, -0.05) is 11.6 Å². The Morgan fingerprint density at radius 1 is 1.60 bits per heavy atom. The van der Waals surface area contributed by atoms with Gasteiger partial charge in [0.25, 0.3) is 5.69 Å². The molecule has 0 saturated carbocycles. The summed E-state index contributed by atoms with van der Waals surface area (Å²) >= 11 is 5.76. The van der Waals surface area contributed by atoms with Crippen LogP contribution in [0, 0.1) is 17.0 Å². The topological polar surface area (TPSA) is 80.4 Å². The van der Waals surface area contributed by atoms with Crippen molar-refractivity contribution in [2.24, 2.45) is 0 Å². The van der Waals surface area contributed by atoms with Gasteiger partial charge in [0.2, 0.25) is 0 Å². The fourth-order valence-corrected chi connectivity index (χ4v) is 1.37. The third-order valence-electron chi connectivity index (χ3n) is 1.90. The summed E-state index contributed by atoms with van der Waals surface area (Å²) in [7, 11) is 0. The zero-order chi connectivity index (χ0) is 11.6. The van der Waals surface area contributed by atoms with Gasteiger partial charge in [-0.3, -0.25) is 14.9 Å². The molecule has 0 bridgehead atoms. The van der Waals surface area contributed by atoms with Crippen molar-refractivity contribution in [2.75, 3.05) is 0 Å². The quantitative estimate of drug-likeness (QED) is 0.636. The molecule has 0 aliphatic carbocycles. The molecule has 0 aromatic heterocycles. The molecule has 0 spiro atoms. The molecule has 0 heterocycles. The van der Waals surface area contributed by atoms with E-state index < -0.39 is 17.3 Å². The molecule has 0 aliphatic rings. The van der Waals surface area contributed by atoms with Gasteiger partial charge >= 0.3 is 5.97 Å². The van der Waals surface area contributed by atoms with Gasteiger partial charge in [-0.2, -0.15) is 0 Å². The van der Waals surface area contributed by atoms with Crippen molar-refractivity contribution in [3.63, 3.8) is 0 Å². The van der Waals surface area contributed by atoms with Crippen LogP contribution in [0.5, 0.6) is 0 Å². The van der Waals surface area contributed by atoms with Gasteiger partial charge in [-0.25, -0.2) is 0 Å². The number of halogens is 1. The second-order valence-electron chi connectivity index (χ2n) is 3.06. The fraction of sp³-hybridized carbons (Fsp3) is 0.222. The first-order chi connectivity index (χ1) is 6.91.